The molecule has 0 amide bonds. The maximum atomic E-state index is 11.8. The first-order valence-corrected chi connectivity index (χ1v) is 6.35. The second kappa shape index (κ2) is 5.48. The van der Waals surface area contributed by atoms with Gasteiger partial charge >= 0.3 is 5.97 Å². The number of nitrogens with one attached hydrogen (secondary N) is 1. The Labute approximate surface area is 112 Å². The quantitative estimate of drug-likeness (QED) is 0.868. The molecular weight excluding hydrogens is 246 g/mol. The monoisotopic (exact) mass is 265 g/mol. The molecule has 0 radical (unpaired) electrons. The van der Waals surface area contributed by atoms with Crippen molar-refractivity contribution >= 4 is 5.97 Å². The number of piperidine rings is 1. The predicted octanol–water partition coefficient (Wildman–Crippen LogP) is 1.76. The normalized spacial score (nSPS) is 22.8. The van der Waals surface area contributed by atoms with Crippen LogP contribution in [0.5, 0.6) is 11.5 Å². The fourth-order valence-corrected chi connectivity index (χ4v) is 2.68. The number of ether oxygens (including phenoxy) is 2. The summed E-state index contributed by atoms with van der Waals surface area (Å²) in [6, 6.07) is 5.32. The summed E-state index contributed by atoms with van der Waals surface area (Å²) in [5.41, 5.74) is -0.553. The number of aliphatic carboxylic acids is 1. The molecule has 5 nitrogen and oxygen atoms in total. The van der Waals surface area contributed by atoms with E-state index in [9.17, 15) is 9.90 Å². The van der Waals surface area contributed by atoms with Gasteiger partial charge in [-0.25, -0.2) is 4.79 Å². The number of methoxy groups -OCH3 is 2. The number of carboxylic acid groups (broad SMARTS) is 1. The maximum Gasteiger partial charge on any atom is 0.328 e. The van der Waals surface area contributed by atoms with Crippen LogP contribution >= 0.6 is 0 Å². The highest BCUT2D eigenvalue weighted by Crippen LogP contribution is 2.42. The Balaban J connectivity index is 2.61. The number of rotatable bonds is 4. The second-order valence-electron chi connectivity index (χ2n) is 4.63. The van der Waals surface area contributed by atoms with Crippen LogP contribution in [-0.4, -0.2) is 31.8 Å². The van der Waals surface area contributed by atoms with E-state index in [1.165, 1.54) is 14.2 Å². The van der Waals surface area contributed by atoms with Gasteiger partial charge in [-0.15, -0.1) is 0 Å². The Morgan fingerprint density at radius 2 is 1.89 bits per heavy atom. The zero-order valence-electron chi connectivity index (χ0n) is 11.2. The molecule has 1 saturated heterocycles. The molecule has 5 heteroatoms. The van der Waals surface area contributed by atoms with E-state index in [4.69, 9.17) is 9.47 Å². The molecule has 1 aliphatic heterocycles. The summed E-state index contributed by atoms with van der Waals surface area (Å²) in [7, 11) is 3.08. The van der Waals surface area contributed by atoms with Crippen LogP contribution in [0.3, 0.4) is 0 Å². The van der Waals surface area contributed by atoms with E-state index in [-0.39, 0.29) is 0 Å². The summed E-state index contributed by atoms with van der Waals surface area (Å²) >= 11 is 0. The van der Waals surface area contributed by atoms with E-state index in [1.807, 2.05) is 0 Å². The molecule has 104 valence electrons. The number of hydrogen-bond donors (Lipinski definition) is 2. The lowest BCUT2D eigenvalue weighted by Gasteiger charge is -2.36. The van der Waals surface area contributed by atoms with Gasteiger partial charge in [0.1, 0.15) is 17.0 Å². The minimum absolute atomic E-state index is 0.527. The minimum Gasteiger partial charge on any atom is -0.496 e. The molecule has 0 aromatic heterocycles. The van der Waals surface area contributed by atoms with Crippen LogP contribution < -0.4 is 14.8 Å². The molecule has 1 fully saturated rings. The van der Waals surface area contributed by atoms with Gasteiger partial charge in [-0.1, -0.05) is 6.07 Å². The van der Waals surface area contributed by atoms with Crippen LogP contribution in [0, 0.1) is 0 Å². The first-order chi connectivity index (χ1) is 9.15. The number of carboxylic acids is 1. The van der Waals surface area contributed by atoms with Crippen molar-refractivity contribution in [2.75, 3.05) is 20.8 Å². The van der Waals surface area contributed by atoms with Crippen molar-refractivity contribution in [3.8, 4) is 11.5 Å². The summed E-state index contributed by atoms with van der Waals surface area (Å²) in [5.74, 6) is 0.183. The zero-order valence-corrected chi connectivity index (χ0v) is 11.2. The van der Waals surface area contributed by atoms with Crippen LogP contribution in [0.4, 0.5) is 0 Å². The van der Waals surface area contributed by atoms with Gasteiger partial charge < -0.3 is 14.6 Å². The highest BCUT2D eigenvalue weighted by Gasteiger charge is 2.45. The lowest BCUT2D eigenvalue weighted by atomic mass is 9.81. The molecule has 2 N–H and O–H groups in total. The van der Waals surface area contributed by atoms with Crippen LogP contribution in [0.1, 0.15) is 24.8 Å². The summed E-state index contributed by atoms with van der Waals surface area (Å²) in [4.78, 5) is 11.8. The molecule has 1 aliphatic rings. The van der Waals surface area contributed by atoms with Crippen LogP contribution in [-0.2, 0) is 10.3 Å². The summed E-state index contributed by atoms with van der Waals surface area (Å²) in [6.45, 7) is 0.674. The van der Waals surface area contributed by atoms with Crippen molar-refractivity contribution in [3.63, 3.8) is 0 Å². The van der Waals surface area contributed by atoms with Crippen LogP contribution in [0.2, 0.25) is 0 Å². The Kier molecular flexibility index (Phi) is 3.95. The Hall–Kier alpha value is -1.75. The third-order valence-corrected chi connectivity index (χ3v) is 3.63. The molecule has 1 aromatic rings. The number of benzene rings is 1. The van der Waals surface area contributed by atoms with Crippen molar-refractivity contribution in [2.24, 2.45) is 0 Å². The Morgan fingerprint density at radius 1 is 1.26 bits per heavy atom. The summed E-state index contributed by atoms with van der Waals surface area (Å²) < 4.78 is 10.7. The van der Waals surface area contributed by atoms with Gasteiger partial charge in [0, 0.05) is 0 Å². The molecule has 0 aliphatic carbocycles. The molecule has 1 atom stereocenters. The van der Waals surface area contributed by atoms with Gasteiger partial charge in [0.2, 0.25) is 0 Å². The van der Waals surface area contributed by atoms with Gasteiger partial charge in [-0.2, -0.15) is 0 Å². The lowest BCUT2D eigenvalue weighted by Crippen LogP contribution is -2.52. The average molecular weight is 265 g/mol. The topological polar surface area (TPSA) is 67.8 Å². The predicted molar refractivity (Wildman–Crippen MR) is 70.7 cm³/mol. The zero-order chi connectivity index (χ0) is 13.9. The SMILES string of the molecule is COc1cccc(OC)c1C1(C(=O)O)CCCCN1. The van der Waals surface area contributed by atoms with Gasteiger partial charge in [-0.05, 0) is 37.9 Å². The van der Waals surface area contributed by atoms with Gasteiger partial charge in [0.05, 0.1) is 19.8 Å². The fraction of sp³-hybridized carbons (Fsp3) is 0.500. The summed E-state index contributed by atoms with van der Waals surface area (Å²) in [6.07, 6.45) is 2.37. The molecule has 0 spiro atoms. The molecule has 0 bridgehead atoms. The summed E-state index contributed by atoms with van der Waals surface area (Å²) in [5, 5.41) is 12.8. The molecule has 2 rings (SSSR count). The maximum absolute atomic E-state index is 11.8. The lowest BCUT2D eigenvalue weighted by molar-refractivity contribution is -0.146. The van der Waals surface area contributed by atoms with Crippen molar-refractivity contribution in [1.29, 1.82) is 0 Å². The molecule has 1 aromatic carbocycles. The van der Waals surface area contributed by atoms with Gasteiger partial charge in [0.25, 0.3) is 0 Å². The van der Waals surface area contributed by atoms with E-state index in [0.717, 1.165) is 12.8 Å². The van der Waals surface area contributed by atoms with Crippen LogP contribution in [0.25, 0.3) is 0 Å². The Bertz CT molecular complexity index is 444. The van der Waals surface area contributed by atoms with Gasteiger partial charge in [-0.3, -0.25) is 5.32 Å². The van der Waals surface area contributed by atoms with Crippen molar-refractivity contribution in [3.05, 3.63) is 23.8 Å². The Morgan fingerprint density at radius 3 is 2.32 bits per heavy atom. The first kappa shape index (κ1) is 13.7. The van der Waals surface area contributed by atoms with E-state index < -0.39 is 11.5 Å². The highest BCUT2D eigenvalue weighted by atomic mass is 16.5. The second-order valence-corrected chi connectivity index (χ2v) is 4.63. The number of carbonyl (C=O) groups is 1. The smallest absolute Gasteiger partial charge is 0.328 e. The molecule has 0 saturated carbocycles. The third kappa shape index (κ3) is 2.26. The molecular formula is C14H19NO4. The van der Waals surface area contributed by atoms with Gasteiger partial charge in [0.15, 0.2) is 0 Å². The number of hydrogen-bond acceptors (Lipinski definition) is 4. The van der Waals surface area contributed by atoms with Crippen molar-refractivity contribution < 1.29 is 19.4 Å². The largest absolute Gasteiger partial charge is 0.496 e. The fourth-order valence-electron chi connectivity index (χ4n) is 2.68. The minimum atomic E-state index is -1.13. The van der Waals surface area contributed by atoms with E-state index in [2.05, 4.69) is 5.32 Å². The van der Waals surface area contributed by atoms with Crippen LogP contribution in [0.15, 0.2) is 18.2 Å². The first-order valence-electron chi connectivity index (χ1n) is 6.35. The van der Waals surface area contributed by atoms with Crippen molar-refractivity contribution in [2.45, 2.75) is 24.8 Å². The standard InChI is InChI=1S/C14H19NO4/c1-18-10-6-5-7-11(19-2)12(10)14(13(16)17)8-3-4-9-15-14/h5-7,15H,3-4,8-9H2,1-2H3,(H,16,17). The average Bonchev–Trinajstić information content (AvgIpc) is 2.46. The van der Waals surface area contributed by atoms with Crippen molar-refractivity contribution in [1.82, 2.24) is 5.32 Å². The van der Waals surface area contributed by atoms with E-state index in [0.29, 0.717) is 30.0 Å². The molecule has 1 heterocycles. The van der Waals surface area contributed by atoms with E-state index in [1.54, 1.807) is 18.2 Å². The molecule has 19 heavy (non-hydrogen) atoms. The third-order valence-electron chi connectivity index (χ3n) is 3.63. The van der Waals surface area contributed by atoms with E-state index >= 15 is 0 Å². The molecule has 1 unspecified atom stereocenters. The highest BCUT2D eigenvalue weighted by molar-refractivity contribution is 5.83.